The van der Waals surface area contributed by atoms with Crippen LogP contribution < -0.4 is 10.2 Å². The van der Waals surface area contributed by atoms with E-state index in [0.717, 1.165) is 38.2 Å². The summed E-state index contributed by atoms with van der Waals surface area (Å²) in [7, 11) is 1.58. The third kappa shape index (κ3) is 5.92. The van der Waals surface area contributed by atoms with Gasteiger partial charge in [-0.25, -0.2) is 5.48 Å². The number of fused-ring (bicyclic) bond motifs is 1. The van der Waals surface area contributed by atoms with Crippen LogP contribution in [0.15, 0.2) is 43.0 Å². The number of hydrogen-bond donors (Lipinski definition) is 3. The number of halogens is 1. The summed E-state index contributed by atoms with van der Waals surface area (Å²) in [4.78, 5) is 27.9. The Morgan fingerprint density at radius 2 is 2.06 bits per heavy atom. The van der Waals surface area contributed by atoms with Gasteiger partial charge in [-0.1, -0.05) is 11.6 Å². The number of nitrogens with zero attached hydrogens (tertiary/aromatic N) is 4. The number of aliphatic hydroxyl groups is 1. The minimum absolute atomic E-state index is 0.316. The topological polar surface area (TPSA) is 121 Å². The zero-order valence-corrected chi connectivity index (χ0v) is 21.1. The summed E-state index contributed by atoms with van der Waals surface area (Å²) in [6, 6.07) is 5.44. The van der Waals surface area contributed by atoms with E-state index < -0.39 is 17.4 Å². The van der Waals surface area contributed by atoms with Gasteiger partial charge in [0.2, 0.25) is 5.91 Å². The zero-order valence-electron chi connectivity index (χ0n) is 20.4. The van der Waals surface area contributed by atoms with Gasteiger partial charge in [0, 0.05) is 35.7 Å². The highest BCUT2D eigenvalue weighted by molar-refractivity contribution is 6.32. The third-order valence-corrected chi connectivity index (χ3v) is 7.52. The summed E-state index contributed by atoms with van der Waals surface area (Å²) in [6.07, 6.45) is 9.50. The lowest BCUT2D eigenvalue weighted by molar-refractivity contribution is -0.143. The maximum atomic E-state index is 12.8. The summed E-state index contributed by atoms with van der Waals surface area (Å²) in [5.74, 6) is 0.240. The molecule has 3 N–H and O–H groups in total. The number of ether oxygens (including phenoxy) is 1. The molecule has 3 heterocycles. The van der Waals surface area contributed by atoms with E-state index in [9.17, 15) is 15.1 Å². The van der Waals surface area contributed by atoms with Crippen molar-refractivity contribution in [3.63, 3.8) is 0 Å². The van der Waals surface area contributed by atoms with E-state index in [4.69, 9.17) is 16.3 Å². The lowest BCUT2D eigenvalue weighted by Gasteiger charge is -2.40. The van der Waals surface area contributed by atoms with Gasteiger partial charge in [0.1, 0.15) is 5.75 Å². The molecule has 10 heteroatoms. The van der Waals surface area contributed by atoms with Crippen LogP contribution in [0.3, 0.4) is 0 Å². The Hall–Kier alpha value is -2.85. The normalized spacial score (nSPS) is 16.6. The van der Waals surface area contributed by atoms with E-state index in [1.807, 2.05) is 17.6 Å². The second kappa shape index (κ2) is 11.9. The predicted molar refractivity (Wildman–Crippen MR) is 136 cm³/mol. The van der Waals surface area contributed by atoms with Crippen LogP contribution >= 0.6 is 11.6 Å². The van der Waals surface area contributed by atoms with Gasteiger partial charge in [-0.15, -0.1) is 0 Å². The minimum Gasteiger partial charge on any atom is -0.497 e. The number of piperidine rings is 1. The monoisotopic (exact) mass is 513 g/mol. The Bertz CT molecular complexity index is 1170. The molecule has 1 fully saturated rings. The average Bonchev–Trinajstić information content (AvgIpc) is 2.92. The number of rotatable bonds is 10. The molecule has 0 saturated carbocycles. The number of aryl methyl sites for hydroxylation is 1. The van der Waals surface area contributed by atoms with Crippen LogP contribution in [-0.2, 0) is 11.2 Å². The highest BCUT2D eigenvalue weighted by Gasteiger charge is 2.41. The summed E-state index contributed by atoms with van der Waals surface area (Å²) >= 11 is 6.45. The minimum atomic E-state index is -0.900. The van der Waals surface area contributed by atoms with Crippen molar-refractivity contribution < 1.29 is 19.8 Å². The van der Waals surface area contributed by atoms with Crippen molar-refractivity contribution in [2.24, 2.45) is 5.41 Å². The first-order valence-corrected chi connectivity index (χ1v) is 12.6. The molecule has 4 rings (SSSR count). The molecule has 3 aromatic rings. The Labute approximate surface area is 215 Å². The van der Waals surface area contributed by atoms with Gasteiger partial charge >= 0.3 is 0 Å². The van der Waals surface area contributed by atoms with Crippen LogP contribution in [0, 0.1) is 5.41 Å². The number of methoxy groups -OCH3 is 1. The second-order valence-electron chi connectivity index (χ2n) is 9.32. The third-order valence-electron chi connectivity index (χ3n) is 7.22. The number of benzene rings is 1. The van der Waals surface area contributed by atoms with E-state index in [-0.39, 0.29) is 0 Å². The first-order chi connectivity index (χ1) is 17.5. The summed E-state index contributed by atoms with van der Waals surface area (Å²) < 4.78 is 5.33. The highest BCUT2D eigenvalue weighted by atomic mass is 35.5. The number of nitrogens with one attached hydrogen (secondary N) is 1. The number of pyridine rings is 1. The molecule has 1 amide bonds. The number of hydroxylamine groups is 1. The molecule has 1 saturated heterocycles. The summed E-state index contributed by atoms with van der Waals surface area (Å²) in [6.45, 7) is 2.37. The van der Waals surface area contributed by atoms with E-state index in [1.54, 1.807) is 31.8 Å². The largest absolute Gasteiger partial charge is 0.497 e. The van der Waals surface area contributed by atoms with E-state index >= 15 is 0 Å². The van der Waals surface area contributed by atoms with Gasteiger partial charge in [-0.3, -0.25) is 25.0 Å². The van der Waals surface area contributed by atoms with Crippen molar-refractivity contribution in [3.05, 3.63) is 59.3 Å². The van der Waals surface area contributed by atoms with Gasteiger partial charge < -0.3 is 14.7 Å². The summed E-state index contributed by atoms with van der Waals surface area (Å²) in [5.41, 5.74) is 3.35. The quantitative estimate of drug-likeness (QED) is 0.277. The van der Waals surface area contributed by atoms with E-state index in [0.29, 0.717) is 52.9 Å². The zero-order chi connectivity index (χ0) is 25.5. The van der Waals surface area contributed by atoms with Crippen molar-refractivity contribution >= 4 is 28.4 Å². The van der Waals surface area contributed by atoms with Crippen LogP contribution in [-0.4, -0.2) is 62.8 Å². The highest BCUT2D eigenvalue weighted by Crippen LogP contribution is 2.41. The molecule has 36 heavy (non-hydrogen) atoms. The van der Waals surface area contributed by atoms with Crippen molar-refractivity contribution in [3.8, 4) is 5.75 Å². The fraction of sp³-hybridized carbons (Fsp3) is 0.462. The SMILES string of the molecule is COc1ccc2ncc(Cl)c(C(O)CCC3(C(=O)NO)CCN(CCCc4cnccn4)CC3)c2c1. The first-order valence-electron chi connectivity index (χ1n) is 12.2. The molecule has 192 valence electrons. The first kappa shape index (κ1) is 26.2. The van der Waals surface area contributed by atoms with Crippen LogP contribution in [0.2, 0.25) is 5.02 Å². The van der Waals surface area contributed by atoms with Crippen molar-refractivity contribution in [1.82, 2.24) is 25.3 Å². The fourth-order valence-corrected chi connectivity index (χ4v) is 5.32. The van der Waals surface area contributed by atoms with Crippen LogP contribution in [0.25, 0.3) is 10.9 Å². The predicted octanol–water partition coefficient (Wildman–Crippen LogP) is 3.72. The molecule has 1 unspecified atom stereocenters. The van der Waals surface area contributed by atoms with E-state index in [1.165, 1.54) is 6.20 Å². The number of aliphatic hydroxyl groups excluding tert-OH is 1. The smallest absolute Gasteiger partial charge is 0.249 e. The molecular formula is C26H32ClN5O4. The van der Waals surface area contributed by atoms with Crippen LogP contribution in [0.4, 0.5) is 0 Å². The number of likely N-dealkylation sites (tertiary alicyclic amines) is 1. The molecule has 0 radical (unpaired) electrons. The number of amides is 1. The Balaban J connectivity index is 1.40. The Morgan fingerprint density at radius 1 is 1.25 bits per heavy atom. The van der Waals surface area contributed by atoms with Gasteiger partial charge in [0.25, 0.3) is 0 Å². The van der Waals surface area contributed by atoms with Gasteiger partial charge in [0.05, 0.1) is 34.9 Å². The standard InChI is InChI=1S/C26H32ClN5O4/c1-36-19-4-5-22-20(15-19)24(21(27)17-30-22)23(33)6-7-26(25(34)31-35)8-13-32(14-9-26)12-2-3-18-16-28-10-11-29-18/h4-5,10-11,15-17,23,33,35H,2-3,6-9,12-14H2,1H3,(H,31,34). The molecule has 0 bridgehead atoms. The number of aromatic nitrogens is 3. The summed E-state index contributed by atoms with van der Waals surface area (Å²) in [5, 5.41) is 21.7. The molecule has 1 atom stereocenters. The van der Waals surface area contributed by atoms with Gasteiger partial charge in [-0.2, -0.15) is 0 Å². The number of carbonyl (C=O) groups is 1. The van der Waals surface area contributed by atoms with Crippen molar-refractivity contribution in [1.29, 1.82) is 0 Å². The van der Waals surface area contributed by atoms with Crippen LogP contribution in [0.5, 0.6) is 5.75 Å². The molecule has 9 nitrogen and oxygen atoms in total. The fourth-order valence-electron chi connectivity index (χ4n) is 5.05. The van der Waals surface area contributed by atoms with E-state index in [2.05, 4.69) is 19.9 Å². The van der Waals surface area contributed by atoms with Crippen LogP contribution in [0.1, 0.15) is 49.5 Å². The van der Waals surface area contributed by atoms with Gasteiger partial charge in [-0.05, 0) is 76.4 Å². The molecule has 1 aliphatic heterocycles. The molecule has 2 aromatic heterocycles. The van der Waals surface area contributed by atoms with Crippen molar-refractivity contribution in [2.45, 2.75) is 44.6 Å². The number of carbonyl (C=O) groups excluding carboxylic acids is 1. The second-order valence-corrected chi connectivity index (χ2v) is 9.73. The maximum Gasteiger partial charge on any atom is 0.249 e. The molecule has 1 aliphatic rings. The number of hydrogen-bond acceptors (Lipinski definition) is 8. The Kier molecular flexibility index (Phi) is 8.68. The lowest BCUT2D eigenvalue weighted by atomic mass is 9.73. The maximum absolute atomic E-state index is 12.8. The average molecular weight is 514 g/mol. The molecule has 1 aromatic carbocycles. The molecule has 0 aliphatic carbocycles. The van der Waals surface area contributed by atoms with Gasteiger partial charge in [0.15, 0.2) is 0 Å². The Morgan fingerprint density at radius 3 is 2.75 bits per heavy atom. The van der Waals surface area contributed by atoms with Crippen molar-refractivity contribution in [2.75, 3.05) is 26.7 Å². The lowest BCUT2D eigenvalue weighted by Crippen LogP contribution is -2.48. The molecular weight excluding hydrogens is 482 g/mol. The molecule has 0 spiro atoms.